The van der Waals surface area contributed by atoms with E-state index in [-0.39, 0.29) is 17.0 Å². The molecule has 116 valence electrons. The zero-order chi connectivity index (χ0) is 16.4. The summed E-state index contributed by atoms with van der Waals surface area (Å²) in [6, 6.07) is 17.5. The van der Waals surface area contributed by atoms with E-state index >= 15 is 0 Å². The van der Waals surface area contributed by atoms with Gasteiger partial charge in [0.15, 0.2) is 0 Å². The van der Waals surface area contributed by atoms with Crippen molar-refractivity contribution in [3.63, 3.8) is 0 Å². The summed E-state index contributed by atoms with van der Waals surface area (Å²) in [4.78, 5) is 11.8. The largest absolute Gasteiger partial charge is 0.481 e. The molecule has 0 aliphatic heterocycles. The fourth-order valence-corrected chi connectivity index (χ4v) is 3.06. The van der Waals surface area contributed by atoms with Gasteiger partial charge in [-0.3, -0.25) is 4.79 Å². The molecule has 0 spiro atoms. The number of hydrogen-bond donors (Lipinski definition) is 1. The van der Waals surface area contributed by atoms with Crippen molar-refractivity contribution < 1.29 is 14.3 Å². The zero-order valence-electron chi connectivity index (χ0n) is 12.2. The Morgan fingerprint density at radius 2 is 1.74 bits per heavy atom. The molecule has 0 aliphatic carbocycles. The number of carbonyl (C=O) groups is 1. The average Bonchev–Trinajstić information content (AvgIpc) is 2.54. The molecule has 3 aromatic carbocycles. The average molecular weight is 329 g/mol. The van der Waals surface area contributed by atoms with Crippen molar-refractivity contribution in [2.24, 2.45) is 0 Å². The number of rotatable bonds is 4. The molecule has 23 heavy (non-hydrogen) atoms. The molecule has 0 saturated heterocycles. The van der Waals surface area contributed by atoms with E-state index in [1.807, 2.05) is 36.4 Å². The van der Waals surface area contributed by atoms with E-state index in [1.54, 1.807) is 12.1 Å². The van der Waals surface area contributed by atoms with E-state index in [4.69, 9.17) is 11.6 Å². The van der Waals surface area contributed by atoms with Gasteiger partial charge in [0.2, 0.25) is 0 Å². The molecule has 0 aromatic heterocycles. The lowest BCUT2D eigenvalue weighted by molar-refractivity contribution is -0.138. The molecule has 1 N–H and O–H groups in total. The maximum Gasteiger partial charge on any atom is 0.311 e. The van der Waals surface area contributed by atoms with Crippen molar-refractivity contribution in [3.05, 3.63) is 82.6 Å². The van der Waals surface area contributed by atoms with Gasteiger partial charge in [0.05, 0.1) is 5.92 Å². The number of carboxylic acids is 1. The topological polar surface area (TPSA) is 37.3 Å². The van der Waals surface area contributed by atoms with Gasteiger partial charge < -0.3 is 5.11 Å². The van der Waals surface area contributed by atoms with Crippen LogP contribution in [0.25, 0.3) is 10.8 Å². The molecular weight excluding hydrogens is 315 g/mol. The number of benzene rings is 3. The van der Waals surface area contributed by atoms with Gasteiger partial charge in [0, 0.05) is 10.6 Å². The number of aliphatic carboxylic acids is 1. The van der Waals surface area contributed by atoms with E-state index in [2.05, 4.69) is 0 Å². The van der Waals surface area contributed by atoms with E-state index < -0.39 is 17.7 Å². The number of halogens is 2. The lowest BCUT2D eigenvalue weighted by Gasteiger charge is -2.16. The maximum atomic E-state index is 14.0. The number of hydrogen-bond acceptors (Lipinski definition) is 1. The quantitative estimate of drug-likeness (QED) is 0.728. The van der Waals surface area contributed by atoms with Gasteiger partial charge in [-0.2, -0.15) is 0 Å². The van der Waals surface area contributed by atoms with Crippen LogP contribution in [-0.2, 0) is 11.2 Å². The number of carboxylic acid groups (broad SMARTS) is 1. The maximum absolute atomic E-state index is 14.0. The van der Waals surface area contributed by atoms with Crippen molar-refractivity contribution in [1.29, 1.82) is 0 Å². The summed E-state index contributed by atoms with van der Waals surface area (Å²) < 4.78 is 14.0. The summed E-state index contributed by atoms with van der Waals surface area (Å²) in [5, 5.41) is 11.7. The van der Waals surface area contributed by atoms with Crippen LogP contribution >= 0.6 is 11.6 Å². The molecule has 2 nitrogen and oxygen atoms in total. The highest BCUT2D eigenvalue weighted by Crippen LogP contribution is 2.31. The predicted octanol–water partition coefficient (Wildman–Crippen LogP) is 5.04. The molecule has 0 bridgehead atoms. The van der Waals surface area contributed by atoms with Crippen molar-refractivity contribution in [2.75, 3.05) is 0 Å². The van der Waals surface area contributed by atoms with Crippen LogP contribution < -0.4 is 0 Å². The smallest absolute Gasteiger partial charge is 0.311 e. The molecule has 3 aromatic rings. The number of fused-ring (bicyclic) bond motifs is 1. The molecule has 0 radical (unpaired) electrons. The van der Waals surface area contributed by atoms with Gasteiger partial charge in [0.25, 0.3) is 0 Å². The Morgan fingerprint density at radius 1 is 1.04 bits per heavy atom. The van der Waals surface area contributed by atoms with Crippen LogP contribution in [0.15, 0.2) is 60.7 Å². The van der Waals surface area contributed by atoms with Gasteiger partial charge in [-0.05, 0) is 34.9 Å². The monoisotopic (exact) mass is 328 g/mol. The highest BCUT2D eigenvalue weighted by atomic mass is 35.5. The third-order valence-electron chi connectivity index (χ3n) is 3.97. The summed E-state index contributed by atoms with van der Waals surface area (Å²) in [5.74, 6) is -2.35. The lowest BCUT2D eigenvalue weighted by Crippen LogP contribution is -2.16. The Hall–Kier alpha value is -2.39. The van der Waals surface area contributed by atoms with Crippen LogP contribution in [0.1, 0.15) is 17.0 Å². The molecular formula is C19H14ClFO2. The Morgan fingerprint density at radius 3 is 2.48 bits per heavy atom. The molecule has 1 unspecified atom stereocenters. The van der Waals surface area contributed by atoms with Crippen LogP contribution in [0.5, 0.6) is 0 Å². The van der Waals surface area contributed by atoms with Crippen molar-refractivity contribution in [3.8, 4) is 0 Å². The minimum Gasteiger partial charge on any atom is -0.481 e. The molecule has 3 rings (SSSR count). The standard InChI is InChI=1S/C19H14ClFO2/c20-17-9-4-10-18(21)16(17)11-15(19(22)23)14-8-3-6-12-5-1-2-7-13(12)14/h1-10,15H,11H2,(H,22,23). The third-order valence-corrected chi connectivity index (χ3v) is 4.32. The van der Waals surface area contributed by atoms with Gasteiger partial charge >= 0.3 is 5.97 Å². The fraction of sp³-hybridized carbons (Fsp3) is 0.105. The molecule has 4 heteroatoms. The zero-order valence-corrected chi connectivity index (χ0v) is 12.9. The van der Waals surface area contributed by atoms with Gasteiger partial charge in [-0.15, -0.1) is 0 Å². The minimum absolute atomic E-state index is 0.00878. The molecule has 0 amide bonds. The SMILES string of the molecule is O=C(O)C(Cc1c(F)cccc1Cl)c1cccc2ccccc12. The summed E-state index contributed by atoms with van der Waals surface area (Å²) in [6.07, 6.45) is 0.00878. The van der Waals surface area contributed by atoms with Crippen LogP contribution in [0.2, 0.25) is 5.02 Å². The molecule has 1 atom stereocenters. The van der Waals surface area contributed by atoms with E-state index in [0.29, 0.717) is 5.56 Å². The normalized spacial score (nSPS) is 12.3. The Balaban J connectivity index is 2.10. The summed E-state index contributed by atoms with van der Waals surface area (Å²) in [7, 11) is 0. The van der Waals surface area contributed by atoms with E-state index in [9.17, 15) is 14.3 Å². The Labute approximate surface area is 138 Å². The molecule has 0 heterocycles. The van der Waals surface area contributed by atoms with Crippen molar-refractivity contribution in [2.45, 2.75) is 12.3 Å². The van der Waals surface area contributed by atoms with Crippen molar-refractivity contribution in [1.82, 2.24) is 0 Å². The second-order valence-electron chi connectivity index (χ2n) is 5.36. The highest BCUT2D eigenvalue weighted by molar-refractivity contribution is 6.31. The predicted molar refractivity (Wildman–Crippen MR) is 89.4 cm³/mol. The lowest BCUT2D eigenvalue weighted by atomic mass is 9.88. The highest BCUT2D eigenvalue weighted by Gasteiger charge is 2.24. The minimum atomic E-state index is -0.999. The van der Waals surface area contributed by atoms with Gasteiger partial charge in [0.1, 0.15) is 5.82 Å². The summed E-state index contributed by atoms with van der Waals surface area (Å²) >= 11 is 6.05. The molecule has 0 saturated carbocycles. The summed E-state index contributed by atoms with van der Waals surface area (Å²) in [5.41, 5.74) is 0.893. The van der Waals surface area contributed by atoms with Gasteiger partial charge in [-0.25, -0.2) is 4.39 Å². The van der Waals surface area contributed by atoms with Crippen LogP contribution in [-0.4, -0.2) is 11.1 Å². The summed E-state index contributed by atoms with van der Waals surface area (Å²) in [6.45, 7) is 0. The first-order valence-electron chi connectivity index (χ1n) is 7.21. The Bertz CT molecular complexity index is 851. The van der Waals surface area contributed by atoms with E-state index in [0.717, 1.165) is 10.8 Å². The fourth-order valence-electron chi connectivity index (χ4n) is 2.82. The van der Waals surface area contributed by atoms with Crippen LogP contribution in [0.3, 0.4) is 0 Å². The van der Waals surface area contributed by atoms with Crippen LogP contribution in [0, 0.1) is 5.82 Å². The second-order valence-corrected chi connectivity index (χ2v) is 5.77. The molecule has 0 aliphatic rings. The second kappa shape index (κ2) is 6.39. The molecule has 0 fully saturated rings. The first kappa shape index (κ1) is 15.5. The first-order chi connectivity index (χ1) is 11.1. The van der Waals surface area contributed by atoms with E-state index in [1.165, 1.54) is 12.1 Å². The Kier molecular flexibility index (Phi) is 4.30. The first-order valence-corrected chi connectivity index (χ1v) is 7.59. The van der Waals surface area contributed by atoms with Crippen molar-refractivity contribution >= 4 is 28.3 Å². The van der Waals surface area contributed by atoms with Crippen LogP contribution in [0.4, 0.5) is 4.39 Å². The third kappa shape index (κ3) is 3.06. The van der Waals surface area contributed by atoms with Gasteiger partial charge in [-0.1, -0.05) is 60.1 Å².